The van der Waals surface area contributed by atoms with Gasteiger partial charge in [-0.2, -0.15) is 0 Å². The molecule has 5 heteroatoms. The van der Waals surface area contributed by atoms with E-state index in [9.17, 15) is 9.90 Å². The predicted octanol–water partition coefficient (Wildman–Crippen LogP) is 3.20. The summed E-state index contributed by atoms with van der Waals surface area (Å²) in [5.74, 6) is 0.753. The Morgan fingerprint density at radius 3 is 2.67 bits per heavy atom. The van der Waals surface area contributed by atoms with Crippen molar-refractivity contribution in [2.24, 2.45) is 0 Å². The van der Waals surface area contributed by atoms with Crippen LogP contribution in [0.4, 0.5) is 0 Å². The van der Waals surface area contributed by atoms with Crippen LogP contribution in [0.15, 0.2) is 48.5 Å². The molecule has 1 amide bonds. The van der Waals surface area contributed by atoms with Crippen molar-refractivity contribution >= 4 is 28.5 Å². The van der Waals surface area contributed by atoms with E-state index in [0.717, 1.165) is 15.7 Å². The molecule has 0 spiro atoms. The van der Waals surface area contributed by atoms with E-state index in [2.05, 4.69) is 5.32 Å². The lowest BCUT2D eigenvalue weighted by Crippen LogP contribution is -2.25. The van der Waals surface area contributed by atoms with Gasteiger partial charge in [-0.1, -0.05) is 18.2 Å². The number of rotatable bonds is 6. The molecular formula is C16H16INO3. The first-order chi connectivity index (χ1) is 10.2. The molecule has 0 bridgehead atoms. The lowest BCUT2D eigenvalue weighted by Gasteiger charge is -2.08. The van der Waals surface area contributed by atoms with Gasteiger partial charge in [-0.25, -0.2) is 0 Å². The molecule has 0 saturated heterocycles. The Morgan fingerprint density at radius 1 is 1.19 bits per heavy atom. The van der Waals surface area contributed by atoms with Crippen LogP contribution in [0.3, 0.4) is 0 Å². The second kappa shape index (κ2) is 7.87. The minimum Gasteiger partial charge on any atom is -0.507 e. The van der Waals surface area contributed by atoms with E-state index in [4.69, 9.17) is 4.74 Å². The van der Waals surface area contributed by atoms with Gasteiger partial charge in [-0.15, -0.1) is 0 Å². The fraction of sp³-hybridized carbons (Fsp3) is 0.188. The molecule has 0 heterocycles. The fourth-order valence-corrected chi connectivity index (χ4v) is 2.07. The van der Waals surface area contributed by atoms with Crippen LogP contribution in [-0.4, -0.2) is 24.2 Å². The maximum atomic E-state index is 11.9. The molecule has 2 aromatic carbocycles. The highest BCUT2D eigenvalue weighted by Crippen LogP contribution is 2.20. The van der Waals surface area contributed by atoms with Crippen LogP contribution in [0.5, 0.6) is 11.5 Å². The second-order valence-electron chi connectivity index (χ2n) is 4.44. The number of carbonyl (C=O) groups excluding carboxylic acids is 1. The topological polar surface area (TPSA) is 58.6 Å². The highest BCUT2D eigenvalue weighted by molar-refractivity contribution is 14.1. The molecule has 0 aliphatic rings. The number of ether oxygens (including phenoxy) is 1. The van der Waals surface area contributed by atoms with Gasteiger partial charge in [0.2, 0.25) is 0 Å². The van der Waals surface area contributed by atoms with E-state index in [0.29, 0.717) is 18.7 Å². The minimum absolute atomic E-state index is 0.121. The summed E-state index contributed by atoms with van der Waals surface area (Å²) in [4.78, 5) is 11.9. The molecule has 21 heavy (non-hydrogen) atoms. The zero-order valence-electron chi connectivity index (χ0n) is 11.4. The van der Waals surface area contributed by atoms with Crippen molar-refractivity contribution in [1.82, 2.24) is 5.32 Å². The molecule has 0 saturated carbocycles. The Hall–Kier alpha value is -1.76. The van der Waals surface area contributed by atoms with E-state index in [1.54, 1.807) is 12.1 Å². The van der Waals surface area contributed by atoms with Gasteiger partial charge in [0.15, 0.2) is 0 Å². The number of carbonyl (C=O) groups is 1. The molecule has 0 aliphatic carbocycles. The largest absolute Gasteiger partial charge is 0.507 e. The molecule has 0 atom stereocenters. The number of phenolic OH excluding ortho intramolecular Hbond substituents is 1. The second-order valence-corrected chi connectivity index (χ2v) is 5.60. The monoisotopic (exact) mass is 397 g/mol. The van der Waals surface area contributed by atoms with E-state index in [-0.39, 0.29) is 11.7 Å². The molecule has 2 aromatic rings. The van der Waals surface area contributed by atoms with Crippen LogP contribution in [0.25, 0.3) is 0 Å². The summed E-state index contributed by atoms with van der Waals surface area (Å²) in [5, 5.41) is 12.4. The third-order valence-corrected chi connectivity index (χ3v) is 3.74. The third kappa shape index (κ3) is 4.93. The van der Waals surface area contributed by atoms with E-state index >= 15 is 0 Å². The molecule has 4 nitrogen and oxygen atoms in total. The lowest BCUT2D eigenvalue weighted by molar-refractivity contribution is 0.0951. The fourth-order valence-electron chi connectivity index (χ4n) is 1.74. The average Bonchev–Trinajstić information content (AvgIpc) is 2.50. The number of hydrogen-bond acceptors (Lipinski definition) is 3. The Balaban J connectivity index is 1.71. The first kappa shape index (κ1) is 15.6. The van der Waals surface area contributed by atoms with Gasteiger partial charge in [-0.3, -0.25) is 4.79 Å². The molecule has 0 fully saturated rings. The normalized spacial score (nSPS) is 10.1. The van der Waals surface area contributed by atoms with Crippen molar-refractivity contribution in [2.75, 3.05) is 13.2 Å². The van der Waals surface area contributed by atoms with Crippen LogP contribution in [0.1, 0.15) is 16.8 Å². The Bertz CT molecular complexity index is 602. The number of para-hydroxylation sites is 1. The zero-order valence-corrected chi connectivity index (χ0v) is 13.5. The summed E-state index contributed by atoms with van der Waals surface area (Å²) in [6.45, 7) is 1.07. The van der Waals surface area contributed by atoms with Gasteiger partial charge in [0.1, 0.15) is 11.5 Å². The van der Waals surface area contributed by atoms with E-state index < -0.39 is 0 Å². The number of halogens is 1. The average molecular weight is 397 g/mol. The van der Waals surface area contributed by atoms with Crippen LogP contribution in [0, 0.1) is 3.57 Å². The number of hydrogen-bond donors (Lipinski definition) is 2. The number of amides is 1. The first-order valence-corrected chi connectivity index (χ1v) is 7.69. The minimum atomic E-state index is -0.193. The summed E-state index contributed by atoms with van der Waals surface area (Å²) >= 11 is 2.01. The molecule has 2 N–H and O–H groups in total. The van der Waals surface area contributed by atoms with Gasteiger partial charge in [-0.05, 0) is 59.3 Å². The number of aromatic hydroxyl groups is 1. The van der Waals surface area contributed by atoms with Crippen molar-refractivity contribution in [1.29, 1.82) is 0 Å². The van der Waals surface area contributed by atoms with Gasteiger partial charge in [0, 0.05) is 12.1 Å². The highest BCUT2D eigenvalue weighted by atomic mass is 127. The van der Waals surface area contributed by atoms with Crippen LogP contribution in [-0.2, 0) is 0 Å². The molecule has 2 rings (SSSR count). The Morgan fingerprint density at radius 2 is 1.95 bits per heavy atom. The highest BCUT2D eigenvalue weighted by Gasteiger charge is 2.07. The predicted molar refractivity (Wildman–Crippen MR) is 89.7 cm³/mol. The lowest BCUT2D eigenvalue weighted by atomic mass is 10.2. The SMILES string of the molecule is O=C(NCCCOc1ccccc1)c1ccc(I)c(O)c1. The van der Waals surface area contributed by atoms with Gasteiger partial charge >= 0.3 is 0 Å². The van der Waals surface area contributed by atoms with Crippen LogP contribution < -0.4 is 10.1 Å². The Labute approximate surface area is 137 Å². The maximum Gasteiger partial charge on any atom is 0.251 e. The molecule has 110 valence electrons. The summed E-state index contributed by atoms with van der Waals surface area (Å²) in [7, 11) is 0. The summed E-state index contributed by atoms with van der Waals surface area (Å²) in [5.41, 5.74) is 0.455. The van der Waals surface area contributed by atoms with Crippen LogP contribution in [0.2, 0.25) is 0 Å². The molecule has 0 radical (unpaired) electrons. The third-order valence-electron chi connectivity index (χ3n) is 2.83. The quantitative estimate of drug-likeness (QED) is 0.582. The zero-order chi connectivity index (χ0) is 15.1. The smallest absolute Gasteiger partial charge is 0.251 e. The number of benzene rings is 2. The van der Waals surface area contributed by atoms with Crippen molar-refractivity contribution in [3.05, 3.63) is 57.7 Å². The number of nitrogens with one attached hydrogen (secondary N) is 1. The first-order valence-electron chi connectivity index (χ1n) is 6.61. The molecule has 0 aliphatic heterocycles. The van der Waals surface area contributed by atoms with Crippen molar-refractivity contribution in [3.8, 4) is 11.5 Å². The molecule has 0 aromatic heterocycles. The maximum absolute atomic E-state index is 11.9. The molecular weight excluding hydrogens is 381 g/mol. The van der Waals surface area contributed by atoms with Crippen molar-refractivity contribution in [2.45, 2.75) is 6.42 Å². The van der Waals surface area contributed by atoms with Gasteiger partial charge in [0.25, 0.3) is 5.91 Å². The number of phenols is 1. The summed E-state index contributed by atoms with van der Waals surface area (Å²) in [6.07, 6.45) is 0.719. The van der Waals surface area contributed by atoms with Gasteiger partial charge < -0.3 is 15.2 Å². The van der Waals surface area contributed by atoms with Crippen LogP contribution >= 0.6 is 22.6 Å². The van der Waals surface area contributed by atoms with Gasteiger partial charge in [0.05, 0.1) is 10.2 Å². The Kier molecular flexibility index (Phi) is 5.86. The summed E-state index contributed by atoms with van der Waals surface area (Å²) < 4.78 is 6.26. The van der Waals surface area contributed by atoms with Crippen molar-refractivity contribution in [3.63, 3.8) is 0 Å². The molecule has 0 unspecified atom stereocenters. The van der Waals surface area contributed by atoms with E-state index in [1.807, 2.05) is 52.9 Å². The van der Waals surface area contributed by atoms with Crippen molar-refractivity contribution < 1.29 is 14.6 Å². The van der Waals surface area contributed by atoms with E-state index in [1.165, 1.54) is 6.07 Å². The standard InChI is InChI=1S/C16H16INO3/c17-14-8-7-12(11-15(14)19)16(20)18-9-4-10-21-13-5-2-1-3-6-13/h1-3,5-8,11,19H,4,9-10H2,(H,18,20). The summed E-state index contributed by atoms with van der Waals surface area (Å²) in [6, 6.07) is 14.4.